The Bertz CT molecular complexity index is 1310. The maximum absolute atomic E-state index is 12.5. The first-order chi connectivity index (χ1) is 17.3. The van der Waals surface area contributed by atoms with Crippen molar-refractivity contribution >= 4 is 44.4 Å². The van der Waals surface area contributed by atoms with Crippen molar-refractivity contribution in [2.45, 2.75) is 18.7 Å². The van der Waals surface area contributed by atoms with Crippen LogP contribution in [0.5, 0.6) is 5.75 Å². The maximum atomic E-state index is 12.5. The lowest BCUT2D eigenvalue weighted by molar-refractivity contribution is -0.142. The molecule has 0 saturated heterocycles. The molecule has 3 rings (SSSR count). The zero-order valence-electron chi connectivity index (χ0n) is 20.1. The Kier molecular flexibility index (Phi) is 9.34. The van der Waals surface area contributed by atoms with Crippen LogP contribution in [0, 0.1) is 0 Å². The summed E-state index contributed by atoms with van der Waals surface area (Å²) in [4.78, 5) is 28.7. The van der Waals surface area contributed by atoms with Crippen molar-refractivity contribution in [1.29, 1.82) is 0 Å². The maximum Gasteiger partial charge on any atom is 0.331 e. The summed E-state index contributed by atoms with van der Waals surface area (Å²) in [5.41, 5.74) is 2.19. The average molecular weight is 530 g/mol. The van der Waals surface area contributed by atoms with Crippen LogP contribution in [0.15, 0.2) is 64.9 Å². The molecule has 1 N–H and O–H groups in total. The summed E-state index contributed by atoms with van der Waals surface area (Å²) in [6.07, 6.45) is 2.66. The van der Waals surface area contributed by atoms with Crippen LogP contribution in [0.4, 0.5) is 5.13 Å². The number of hydrogen-bond acceptors (Lipinski definition) is 8. The first-order valence-corrected chi connectivity index (χ1v) is 13.4. The van der Waals surface area contributed by atoms with Crippen LogP contribution in [0.25, 0.3) is 17.3 Å². The molecule has 9 nitrogen and oxygen atoms in total. The summed E-state index contributed by atoms with van der Waals surface area (Å²) in [5.74, 6) is -0.486. The van der Waals surface area contributed by atoms with Crippen LogP contribution in [-0.4, -0.2) is 56.4 Å². The molecule has 36 heavy (non-hydrogen) atoms. The molecule has 3 aromatic rings. The Morgan fingerprint density at radius 1 is 1.06 bits per heavy atom. The molecule has 2 aromatic carbocycles. The largest absolute Gasteiger partial charge is 0.497 e. The van der Waals surface area contributed by atoms with Crippen LogP contribution >= 0.6 is 11.3 Å². The van der Waals surface area contributed by atoms with Gasteiger partial charge in [0.05, 0.1) is 17.7 Å². The Morgan fingerprint density at radius 3 is 2.33 bits per heavy atom. The lowest BCUT2D eigenvalue weighted by Crippen LogP contribution is -2.30. The first-order valence-electron chi connectivity index (χ1n) is 11.1. The second kappa shape index (κ2) is 12.4. The number of aromatic nitrogens is 1. The predicted octanol–water partition coefficient (Wildman–Crippen LogP) is 4.04. The molecule has 0 aliphatic carbocycles. The lowest BCUT2D eigenvalue weighted by atomic mass is 10.2. The fraction of sp³-hybridized carbons (Fsp3) is 0.240. The van der Waals surface area contributed by atoms with Gasteiger partial charge < -0.3 is 9.47 Å². The van der Waals surface area contributed by atoms with E-state index in [1.165, 1.54) is 39.9 Å². The third-order valence-electron chi connectivity index (χ3n) is 5.12. The molecular formula is C25H27N3O6S2. The molecule has 0 radical (unpaired) electrons. The van der Waals surface area contributed by atoms with E-state index in [-0.39, 0.29) is 4.90 Å². The zero-order valence-corrected chi connectivity index (χ0v) is 21.8. The molecule has 11 heteroatoms. The van der Waals surface area contributed by atoms with Gasteiger partial charge in [-0.3, -0.25) is 10.1 Å². The van der Waals surface area contributed by atoms with E-state index in [9.17, 15) is 18.0 Å². The number of carbonyl (C=O) groups excluding carboxylic acids is 2. The zero-order chi connectivity index (χ0) is 26.1. The Balaban J connectivity index is 1.49. The third-order valence-corrected chi connectivity index (χ3v) is 7.94. The van der Waals surface area contributed by atoms with Crippen molar-refractivity contribution in [2.24, 2.45) is 0 Å². The SMILES string of the molecule is CCN(CC)S(=O)(=O)c1ccc(C=CC(=O)OCC(=O)Nc2nc(-c3ccc(OC)cc3)cs2)cc1. The number of anilines is 1. The number of hydrogen-bond donors (Lipinski definition) is 1. The number of carbonyl (C=O) groups is 2. The number of rotatable bonds is 11. The molecule has 0 atom stereocenters. The molecule has 0 unspecified atom stereocenters. The molecular weight excluding hydrogens is 502 g/mol. The average Bonchev–Trinajstić information content (AvgIpc) is 3.35. The highest BCUT2D eigenvalue weighted by atomic mass is 32.2. The fourth-order valence-electron chi connectivity index (χ4n) is 3.19. The van der Waals surface area contributed by atoms with Crippen LogP contribution in [0.2, 0.25) is 0 Å². The fourth-order valence-corrected chi connectivity index (χ4v) is 5.39. The number of benzene rings is 2. The normalized spacial score (nSPS) is 11.6. The molecule has 0 aliphatic heterocycles. The molecule has 0 bridgehead atoms. The second-order valence-corrected chi connectivity index (χ2v) is 10.2. The van der Waals surface area contributed by atoms with Crippen molar-refractivity contribution < 1.29 is 27.5 Å². The molecule has 190 valence electrons. The molecule has 1 aromatic heterocycles. The minimum absolute atomic E-state index is 0.180. The molecule has 0 aliphatic rings. The van der Waals surface area contributed by atoms with E-state index in [4.69, 9.17) is 9.47 Å². The standard InChI is InChI=1S/C25H27N3O6S2/c1-4-28(5-2)36(31,32)21-13-6-18(7-14-21)8-15-24(30)34-16-23(29)27-25-26-22(17-35-25)19-9-11-20(33-3)12-10-19/h6-15,17H,4-5,16H2,1-3H3,(H,26,27,29). The molecule has 0 saturated carbocycles. The van der Waals surface area contributed by atoms with E-state index in [1.54, 1.807) is 33.1 Å². The summed E-state index contributed by atoms with van der Waals surface area (Å²) >= 11 is 1.26. The number of thiazole rings is 1. The van der Waals surface area contributed by atoms with E-state index in [1.807, 2.05) is 29.6 Å². The minimum atomic E-state index is -3.55. The summed E-state index contributed by atoms with van der Waals surface area (Å²) in [7, 11) is -1.96. The highest BCUT2D eigenvalue weighted by Crippen LogP contribution is 2.26. The van der Waals surface area contributed by atoms with Gasteiger partial charge in [0.2, 0.25) is 10.0 Å². The highest BCUT2D eigenvalue weighted by molar-refractivity contribution is 7.89. The number of esters is 1. The van der Waals surface area contributed by atoms with Gasteiger partial charge in [0.15, 0.2) is 11.7 Å². The van der Waals surface area contributed by atoms with Crippen molar-refractivity contribution in [3.63, 3.8) is 0 Å². The smallest absolute Gasteiger partial charge is 0.331 e. The highest BCUT2D eigenvalue weighted by Gasteiger charge is 2.21. The molecule has 1 heterocycles. The number of ether oxygens (including phenoxy) is 2. The number of nitrogens with zero attached hydrogens (tertiary/aromatic N) is 2. The second-order valence-electron chi connectivity index (χ2n) is 7.41. The van der Waals surface area contributed by atoms with E-state index < -0.39 is 28.5 Å². The van der Waals surface area contributed by atoms with E-state index in [0.717, 1.165) is 11.3 Å². The topological polar surface area (TPSA) is 115 Å². The quantitative estimate of drug-likeness (QED) is 0.294. The van der Waals surface area contributed by atoms with Gasteiger partial charge in [0.25, 0.3) is 5.91 Å². The van der Waals surface area contributed by atoms with Gasteiger partial charge in [-0.05, 0) is 48.0 Å². The summed E-state index contributed by atoms with van der Waals surface area (Å²) < 4.78 is 36.6. The van der Waals surface area contributed by atoms with Crippen LogP contribution < -0.4 is 10.1 Å². The molecule has 1 amide bonds. The van der Waals surface area contributed by atoms with Gasteiger partial charge in [-0.2, -0.15) is 4.31 Å². The van der Waals surface area contributed by atoms with Crippen molar-refractivity contribution in [2.75, 3.05) is 32.1 Å². The molecule has 0 spiro atoms. The summed E-state index contributed by atoms with van der Waals surface area (Å²) in [5, 5.41) is 4.80. The van der Waals surface area contributed by atoms with Crippen molar-refractivity contribution in [3.05, 3.63) is 65.6 Å². The van der Waals surface area contributed by atoms with Crippen molar-refractivity contribution in [3.8, 4) is 17.0 Å². The lowest BCUT2D eigenvalue weighted by Gasteiger charge is -2.18. The van der Waals surface area contributed by atoms with Gasteiger partial charge in [-0.15, -0.1) is 11.3 Å². The van der Waals surface area contributed by atoms with Crippen LogP contribution in [0.1, 0.15) is 19.4 Å². The minimum Gasteiger partial charge on any atom is -0.497 e. The summed E-state index contributed by atoms with van der Waals surface area (Å²) in [6.45, 7) is 3.85. The number of methoxy groups -OCH3 is 1. The van der Waals surface area contributed by atoms with Crippen molar-refractivity contribution in [1.82, 2.24) is 9.29 Å². The monoisotopic (exact) mass is 529 g/mol. The predicted molar refractivity (Wildman–Crippen MR) is 139 cm³/mol. The Labute approximate surface area is 214 Å². The summed E-state index contributed by atoms with van der Waals surface area (Å²) in [6, 6.07) is 13.5. The van der Waals surface area contributed by atoms with E-state index >= 15 is 0 Å². The van der Waals surface area contributed by atoms with Crippen LogP contribution in [-0.2, 0) is 24.3 Å². The van der Waals surface area contributed by atoms with Gasteiger partial charge in [-0.1, -0.05) is 26.0 Å². The van der Waals surface area contributed by atoms with Gasteiger partial charge in [-0.25, -0.2) is 18.2 Å². The molecule has 0 fully saturated rings. The first kappa shape index (κ1) is 27.1. The Hall–Kier alpha value is -3.54. The van der Waals surface area contributed by atoms with Gasteiger partial charge in [0, 0.05) is 30.1 Å². The van der Waals surface area contributed by atoms with E-state index in [0.29, 0.717) is 29.5 Å². The Morgan fingerprint density at radius 2 is 1.72 bits per heavy atom. The van der Waals surface area contributed by atoms with Gasteiger partial charge in [0.1, 0.15) is 5.75 Å². The number of sulfonamides is 1. The van der Waals surface area contributed by atoms with Gasteiger partial charge >= 0.3 is 5.97 Å². The third kappa shape index (κ3) is 7.00. The van der Waals surface area contributed by atoms with E-state index in [2.05, 4.69) is 10.3 Å². The number of nitrogens with one attached hydrogen (secondary N) is 1. The van der Waals surface area contributed by atoms with Crippen LogP contribution in [0.3, 0.4) is 0 Å². The number of amides is 1.